The smallest absolute Gasteiger partial charge is 0.249 e. The van der Waals surface area contributed by atoms with Crippen LogP contribution in [-0.2, 0) is 4.79 Å². The Morgan fingerprint density at radius 1 is 0.267 bits per heavy atom. The summed E-state index contributed by atoms with van der Waals surface area (Å²) in [7, 11) is 0. The van der Waals surface area contributed by atoms with Gasteiger partial charge in [-0.05, 0) is 12.8 Å². The van der Waals surface area contributed by atoms with Crippen molar-refractivity contribution in [1.82, 2.24) is 5.32 Å². The van der Waals surface area contributed by atoms with Crippen molar-refractivity contribution < 1.29 is 20.1 Å². The zero-order valence-corrected chi connectivity index (χ0v) is 51.7. The number of hydrogen-bond donors (Lipinski definition) is 4. The van der Waals surface area contributed by atoms with E-state index in [4.69, 9.17) is 0 Å². The minimum absolute atomic E-state index is 0.307. The number of amides is 1. The number of hydrogen-bond acceptors (Lipinski definition) is 4. The average molecular weight is 1060 g/mol. The van der Waals surface area contributed by atoms with Gasteiger partial charge in [0.25, 0.3) is 0 Å². The zero-order valence-electron chi connectivity index (χ0n) is 51.7. The van der Waals surface area contributed by atoms with Gasteiger partial charge in [0.05, 0.1) is 18.8 Å². The summed E-state index contributed by atoms with van der Waals surface area (Å²) in [5.74, 6) is -0.459. The molecule has 3 atom stereocenters. The molecule has 5 nitrogen and oxygen atoms in total. The molecule has 0 saturated heterocycles. The van der Waals surface area contributed by atoms with Crippen molar-refractivity contribution in [3.05, 3.63) is 0 Å². The molecule has 0 aliphatic heterocycles. The number of aliphatic hydroxyl groups excluding tert-OH is 3. The van der Waals surface area contributed by atoms with Gasteiger partial charge in [0, 0.05) is 0 Å². The fourth-order valence-electron chi connectivity index (χ4n) is 11.8. The van der Waals surface area contributed by atoms with Gasteiger partial charge < -0.3 is 20.6 Å². The molecule has 0 aliphatic rings. The van der Waals surface area contributed by atoms with Gasteiger partial charge in [-0.2, -0.15) is 0 Å². The molecule has 0 saturated carbocycles. The Hall–Kier alpha value is -0.650. The molecule has 0 bridgehead atoms. The molecular weight excluding hydrogens is 919 g/mol. The second-order valence-electron chi connectivity index (χ2n) is 24.8. The topological polar surface area (TPSA) is 89.8 Å². The molecule has 450 valence electrons. The average Bonchev–Trinajstić information content (AvgIpc) is 3.41. The summed E-state index contributed by atoms with van der Waals surface area (Å²) in [4.78, 5) is 12.6. The summed E-state index contributed by atoms with van der Waals surface area (Å²) < 4.78 is 0. The predicted octanol–water partition coefficient (Wildman–Crippen LogP) is 22.8. The Kier molecular flexibility index (Phi) is 65.3. The minimum atomic E-state index is -1.07. The van der Waals surface area contributed by atoms with Crippen LogP contribution in [0, 0.1) is 0 Å². The fourth-order valence-corrected chi connectivity index (χ4v) is 11.8. The van der Waals surface area contributed by atoms with Crippen LogP contribution in [0.25, 0.3) is 0 Å². The van der Waals surface area contributed by atoms with Crippen molar-refractivity contribution in [2.45, 2.75) is 437 Å². The minimum Gasteiger partial charge on any atom is -0.394 e. The Balaban J connectivity index is 3.41. The molecule has 0 heterocycles. The molecular formula is C70H141NO4. The van der Waals surface area contributed by atoms with Crippen molar-refractivity contribution >= 4 is 5.91 Å². The van der Waals surface area contributed by atoms with Gasteiger partial charge in [-0.3, -0.25) is 4.79 Å². The normalized spacial score (nSPS) is 13.0. The van der Waals surface area contributed by atoms with E-state index in [1.54, 1.807) is 0 Å². The molecule has 4 N–H and O–H groups in total. The maximum Gasteiger partial charge on any atom is 0.249 e. The lowest BCUT2D eigenvalue weighted by molar-refractivity contribution is -0.131. The molecule has 0 rings (SSSR count). The van der Waals surface area contributed by atoms with Crippen LogP contribution in [-0.4, -0.2) is 46.1 Å². The fraction of sp³-hybridized carbons (Fsp3) is 0.986. The van der Waals surface area contributed by atoms with Crippen LogP contribution in [0.2, 0.25) is 0 Å². The molecule has 0 aromatic heterocycles. The first-order valence-electron chi connectivity index (χ1n) is 35.3. The largest absolute Gasteiger partial charge is 0.394 e. The summed E-state index contributed by atoms with van der Waals surface area (Å²) in [5, 5.41) is 33.7. The molecule has 0 aliphatic carbocycles. The molecule has 0 radical (unpaired) electrons. The summed E-state index contributed by atoms with van der Waals surface area (Å²) >= 11 is 0. The maximum absolute atomic E-state index is 12.6. The summed E-state index contributed by atoms with van der Waals surface area (Å²) in [6, 6.07) is -0.709. The van der Waals surface area contributed by atoms with E-state index in [1.165, 1.54) is 360 Å². The van der Waals surface area contributed by atoms with Crippen LogP contribution < -0.4 is 5.32 Å². The Labute approximate surface area is 472 Å². The summed E-state index contributed by atoms with van der Waals surface area (Å²) in [6.07, 6.45) is 83.7. The van der Waals surface area contributed by atoms with E-state index < -0.39 is 24.2 Å². The first-order chi connectivity index (χ1) is 37.1. The lowest BCUT2D eigenvalue weighted by Gasteiger charge is -2.23. The van der Waals surface area contributed by atoms with E-state index >= 15 is 0 Å². The van der Waals surface area contributed by atoms with Crippen LogP contribution in [0.15, 0.2) is 0 Å². The van der Waals surface area contributed by atoms with Gasteiger partial charge in [0.15, 0.2) is 0 Å². The number of carbonyl (C=O) groups is 1. The SMILES string of the molecule is CCCCCCCCCCCCCCCCCCCCCCCCCCCCCCCCCCCCCCC(O)C(=O)NC(CO)C(O)CCCCCCCCCCCCCCCCCCCCCCCCCCC. The van der Waals surface area contributed by atoms with Gasteiger partial charge in [-0.25, -0.2) is 0 Å². The van der Waals surface area contributed by atoms with Crippen molar-refractivity contribution in [2.24, 2.45) is 0 Å². The number of aliphatic hydroxyl groups is 3. The number of unbranched alkanes of at least 4 members (excludes halogenated alkanes) is 59. The van der Waals surface area contributed by atoms with Crippen LogP contribution in [0.1, 0.15) is 418 Å². The molecule has 1 amide bonds. The van der Waals surface area contributed by atoms with Crippen molar-refractivity contribution in [3.8, 4) is 0 Å². The van der Waals surface area contributed by atoms with Crippen LogP contribution in [0.3, 0.4) is 0 Å². The van der Waals surface area contributed by atoms with E-state index in [1.807, 2.05) is 0 Å². The third-order valence-electron chi connectivity index (χ3n) is 17.2. The van der Waals surface area contributed by atoms with Gasteiger partial charge in [0.1, 0.15) is 6.10 Å². The van der Waals surface area contributed by atoms with Crippen molar-refractivity contribution in [3.63, 3.8) is 0 Å². The Morgan fingerprint density at radius 2 is 0.427 bits per heavy atom. The monoisotopic (exact) mass is 1060 g/mol. The van der Waals surface area contributed by atoms with Crippen molar-refractivity contribution in [2.75, 3.05) is 6.61 Å². The number of rotatable bonds is 67. The Morgan fingerprint density at radius 3 is 0.600 bits per heavy atom. The molecule has 5 heteroatoms. The highest BCUT2D eigenvalue weighted by atomic mass is 16.3. The first kappa shape index (κ1) is 74.3. The quantitative estimate of drug-likeness (QED) is 0.0457. The summed E-state index contributed by atoms with van der Waals surface area (Å²) in [6.45, 7) is 4.30. The highest BCUT2D eigenvalue weighted by Gasteiger charge is 2.23. The molecule has 0 aromatic rings. The van der Waals surface area contributed by atoms with Gasteiger partial charge in [0.2, 0.25) is 5.91 Å². The van der Waals surface area contributed by atoms with Crippen LogP contribution in [0.4, 0.5) is 0 Å². The second kappa shape index (κ2) is 65.9. The number of carbonyl (C=O) groups excluding carboxylic acids is 1. The molecule has 0 aromatic carbocycles. The lowest BCUT2D eigenvalue weighted by Crippen LogP contribution is -2.49. The highest BCUT2D eigenvalue weighted by molar-refractivity contribution is 5.80. The van der Waals surface area contributed by atoms with Gasteiger partial charge >= 0.3 is 0 Å². The zero-order chi connectivity index (χ0) is 54.3. The van der Waals surface area contributed by atoms with E-state index in [0.717, 1.165) is 32.1 Å². The maximum atomic E-state index is 12.6. The van der Waals surface area contributed by atoms with E-state index in [-0.39, 0.29) is 6.61 Å². The first-order valence-corrected chi connectivity index (χ1v) is 35.3. The lowest BCUT2D eigenvalue weighted by atomic mass is 10.0. The Bertz CT molecular complexity index is 1040. The third-order valence-corrected chi connectivity index (χ3v) is 17.2. The molecule has 0 spiro atoms. The van der Waals surface area contributed by atoms with Crippen LogP contribution in [0.5, 0.6) is 0 Å². The van der Waals surface area contributed by atoms with Gasteiger partial charge in [-0.15, -0.1) is 0 Å². The van der Waals surface area contributed by atoms with Crippen LogP contribution >= 0.6 is 0 Å². The highest BCUT2D eigenvalue weighted by Crippen LogP contribution is 2.20. The predicted molar refractivity (Wildman–Crippen MR) is 333 cm³/mol. The number of nitrogens with one attached hydrogen (secondary N) is 1. The summed E-state index contributed by atoms with van der Waals surface area (Å²) in [5.41, 5.74) is 0. The second-order valence-corrected chi connectivity index (χ2v) is 24.8. The van der Waals surface area contributed by atoms with Crippen molar-refractivity contribution in [1.29, 1.82) is 0 Å². The van der Waals surface area contributed by atoms with E-state index in [0.29, 0.717) is 12.8 Å². The standard InChI is InChI=1S/C70H141NO4/c1-3-5-7-9-11-13-15-17-19-21-23-25-27-29-30-31-32-33-34-35-36-37-38-39-41-43-45-47-49-51-53-55-57-59-61-63-65-69(74)70(75)71-67(66-72)68(73)64-62-60-58-56-54-52-50-48-46-44-42-40-28-26-24-22-20-18-16-14-12-10-8-6-4-2/h67-69,72-74H,3-66H2,1-2H3,(H,71,75). The van der Waals surface area contributed by atoms with E-state index in [2.05, 4.69) is 19.2 Å². The molecule has 75 heavy (non-hydrogen) atoms. The van der Waals surface area contributed by atoms with Gasteiger partial charge in [-0.1, -0.05) is 406 Å². The molecule has 3 unspecified atom stereocenters. The molecule has 0 fully saturated rings. The third kappa shape index (κ3) is 60.8. The van der Waals surface area contributed by atoms with E-state index in [9.17, 15) is 20.1 Å².